The van der Waals surface area contributed by atoms with Gasteiger partial charge in [-0.1, -0.05) is 0 Å². The molecule has 1 amide bonds. The van der Waals surface area contributed by atoms with Gasteiger partial charge in [-0.15, -0.1) is 0 Å². The van der Waals surface area contributed by atoms with E-state index in [1.165, 1.54) is 12.1 Å². The lowest BCUT2D eigenvalue weighted by Gasteiger charge is -1.97. The van der Waals surface area contributed by atoms with Gasteiger partial charge in [-0.3, -0.25) is 4.79 Å². The topological polar surface area (TPSA) is 63.3 Å². The zero-order valence-electron chi connectivity index (χ0n) is 6.70. The number of aromatic hydroxyl groups is 1. The number of carbonyl (C=O) groups is 1. The summed E-state index contributed by atoms with van der Waals surface area (Å²) < 4.78 is 12.6. The molecule has 0 saturated heterocycles. The summed E-state index contributed by atoms with van der Waals surface area (Å²) in [5, 5.41) is 9.18. The van der Waals surface area contributed by atoms with E-state index in [4.69, 9.17) is 5.73 Å². The molecular weight excluding hydrogens is 173 g/mol. The van der Waals surface area contributed by atoms with Crippen molar-refractivity contribution in [2.24, 2.45) is 5.73 Å². The molecule has 0 heterocycles. The van der Waals surface area contributed by atoms with Crippen LogP contribution in [0.1, 0.15) is 5.56 Å². The van der Waals surface area contributed by atoms with Gasteiger partial charge in [-0.2, -0.15) is 0 Å². The third-order valence-corrected chi connectivity index (χ3v) is 1.42. The fraction of sp³-hybridized carbons (Fsp3) is 0. The molecule has 68 valence electrons. The van der Waals surface area contributed by atoms with E-state index < -0.39 is 11.7 Å². The first-order chi connectivity index (χ1) is 6.09. The van der Waals surface area contributed by atoms with E-state index in [0.29, 0.717) is 0 Å². The van der Waals surface area contributed by atoms with E-state index in [2.05, 4.69) is 0 Å². The molecule has 0 spiro atoms. The number of phenols is 1. The molecule has 4 heteroatoms. The predicted octanol–water partition coefficient (Wildman–Crippen LogP) is 1.03. The van der Waals surface area contributed by atoms with Crippen molar-refractivity contribution in [2.75, 3.05) is 0 Å². The average Bonchev–Trinajstić information content (AvgIpc) is 2.06. The number of hydrogen-bond donors (Lipinski definition) is 2. The monoisotopic (exact) mass is 181 g/mol. The van der Waals surface area contributed by atoms with Gasteiger partial charge in [-0.05, 0) is 24.3 Å². The van der Waals surface area contributed by atoms with Crippen LogP contribution in [0.15, 0.2) is 24.3 Å². The zero-order chi connectivity index (χ0) is 9.84. The van der Waals surface area contributed by atoms with Crippen molar-refractivity contribution in [3.8, 4) is 5.75 Å². The zero-order valence-corrected chi connectivity index (χ0v) is 6.70. The Bertz CT molecular complexity index is 361. The van der Waals surface area contributed by atoms with E-state index >= 15 is 0 Å². The fourth-order valence-electron chi connectivity index (χ4n) is 0.831. The lowest BCUT2D eigenvalue weighted by atomic mass is 10.2. The van der Waals surface area contributed by atoms with Gasteiger partial charge in [0.2, 0.25) is 5.91 Å². The molecule has 1 aromatic rings. The molecule has 0 aliphatic rings. The summed E-state index contributed by atoms with van der Waals surface area (Å²) in [6, 6.07) is 3.43. The minimum absolute atomic E-state index is 0.0982. The van der Waals surface area contributed by atoms with Crippen LogP contribution in [0.4, 0.5) is 4.39 Å². The first-order valence-corrected chi connectivity index (χ1v) is 3.55. The molecule has 0 aromatic heterocycles. The van der Waals surface area contributed by atoms with Gasteiger partial charge < -0.3 is 10.8 Å². The molecule has 0 bridgehead atoms. The molecule has 1 rings (SSSR count). The Morgan fingerprint density at radius 1 is 1.54 bits per heavy atom. The number of hydrogen-bond acceptors (Lipinski definition) is 2. The Morgan fingerprint density at radius 2 is 2.23 bits per heavy atom. The first kappa shape index (κ1) is 9.25. The standard InChI is InChI=1S/C9H8FNO2/c10-7-2-3-8(12)6(5-7)1-4-9(11)13/h1-5,12H,(H2,11,13). The van der Waals surface area contributed by atoms with Crippen molar-refractivity contribution < 1.29 is 14.3 Å². The summed E-state index contributed by atoms with van der Waals surface area (Å²) in [5.41, 5.74) is 5.05. The molecule has 3 nitrogen and oxygen atoms in total. The number of nitrogens with two attached hydrogens (primary N) is 1. The number of phenolic OH excluding ortho intramolecular Hbond substituents is 1. The second kappa shape index (κ2) is 3.71. The van der Waals surface area contributed by atoms with E-state index in [1.54, 1.807) is 0 Å². The largest absolute Gasteiger partial charge is 0.507 e. The summed E-state index contributed by atoms with van der Waals surface area (Å²) in [5.74, 6) is -1.23. The normalized spacial score (nSPS) is 10.5. The van der Waals surface area contributed by atoms with Crippen molar-refractivity contribution in [3.05, 3.63) is 35.7 Å². The van der Waals surface area contributed by atoms with Crippen LogP contribution in [0.25, 0.3) is 6.08 Å². The van der Waals surface area contributed by atoms with Gasteiger partial charge in [0.05, 0.1) is 0 Å². The smallest absolute Gasteiger partial charge is 0.241 e. The van der Waals surface area contributed by atoms with Gasteiger partial charge in [0.1, 0.15) is 11.6 Å². The maximum atomic E-state index is 12.6. The van der Waals surface area contributed by atoms with Crippen LogP contribution in [0, 0.1) is 5.82 Å². The van der Waals surface area contributed by atoms with E-state index in [1.807, 2.05) is 0 Å². The molecule has 3 N–H and O–H groups in total. The summed E-state index contributed by atoms with van der Waals surface area (Å²) >= 11 is 0. The summed E-state index contributed by atoms with van der Waals surface area (Å²) in [4.78, 5) is 10.3. The van der Waals surface area contributed by atoms with Crippen molar-refractivity contribution in [1.82, 2.24) is 0 Å². The van der Waals surface area contributed by atoms with Crippen LogP contribution in [0.3, 0.4) is 0 Å². The number of halogens is 1. The van der Waals surface area contributed by atoms with Crippen LogP contribution in [-0.4, -0.2) is 11.0 Å². The summed E-state index contributed by atoms with van der Waals surface area (Å²) in [7, 11) is 0. The highest BCUT2D eigenvalue weighted by Crippen LogP contribution is 2.18. The summed E-state index contributed by atoms with van der Waals surface area (Å²) in [6.07, 6.45) is 2.30. The highest BCUT2D eigenvalue weighted by molar-refractivity contribution is 5.90. The molecular formula is C9H8FNO2. The Labute approximate surface area is 74.3 Å². The third-order valence-electron chi connectivity index (χ3n) is 1.42. The number of benzene rings is 1. The number of rotatable bonds is 2. The average molecular weight is 181 g/mol. The van der Waals surface area contributed by atoms with Crippen LogP contribution in [-0.2, 0) is 4.79 Å². The van der Waals surface area contributed by atoms with Crippen molar-refractivity contribution >= 4 is 12.0 Å². The van der Waals surface area contributed by atoms with Crippen LogP contribution >= 0.6 is 0 Å². The van der Waals surface area contributed by atoms with E-state index in [-0.39, 0.29) is 11.3 Å². The number of amides is 1. The molecule has 0 unspecified atom stereocenters. The van der Waals surface area contributed by atoms with Crippen molar-refractivity contribution in [3.63, 3.8) is 0 Å². The van der Waals surface area contributed by atoms with Gasteiger partial charge in [0.15, 0.2) is 0 Å². The SMILES string of the molecule is NC(=O)C=Cc1cc(F)ccc1O. The molecule has 0 aliphatic carbocycles. The number of carbonyl (C=O) groups excluding carboxylic acids is 1. The molecule has 0 aliphatic heterocycles. The van der Waals surface area contributed by atoms with Crippen LogP contribution in [0.5, 0.6) is 5.75 Å². The molecule has 0 fully saturated rings. The Morgan fingerprint density at radius 3 is 2.85 bits per heavy atom. The van der Waals surface area contributed by atoms with E-state index in [9.17, 15) is 14.3 Å². The number of primary amides is 1. The maximum absolute atomic E-state index is 12.6. The second-order valence-electron chi connectivity index (χ2n) is 2.44. The molecule has 13 heavy (non-hydrogen) atoms. The van der Waals surface area contributed by atoms with Gasteiger partial charge in [-0.25, -0.2) is 4.39 Å². The highest BCUT2D eigenvalue weighted by Gasteiger charge is 1.98. The fourth-order valence-corrected chi connectivity index (χ4v) is 0.831. The van der Waals surface area contributed by atoms with Gasteiger partial charge in [0.25, 0.3) is 0 Å². The predicted molar refractivity (Wildman–Crippen MR) is 46.3 cm³/mol. The maximum Gasteiger partial charge on any atom is 0.241 e. The Balaban J connectivity index is 3.00. The molecule has 1 aromatic carbocycles. The third kappa shape index (κ3) is 2.59. The molecule has 0 radical (unpaired) electrons. The quantitative estimate of drug-likeness (QED) is 0.669. The molecule has 0 atom stereocenters. The Kier molecular flexibility index (Phi) is 2.64. The van der Waals surface area contributed by atoms with Gasteiger partial charge in [0, 0.05) is 11.6 Å². The minimum atomic E-state index is -0.649. The lowest BCUT2D eigenvalue weighted by molar-refractivity contribution is -0.113. The Hall–Kier alpha value is -1.84. The lowest BCUT2D eigenvalue weighted by Crippen LogP contribution is -2.05. The molecule has 0 saturated carbocycles. The second-order valence-corrected chi connectivity index (χ2v) is 2.44. The highest BCUT2D eigenvalue weighted by atomic mass is 19.1. The van der Waals surface area contributed by atoms with Crippen LogP contribution < -0.4 is 5.73 Å². The summed E-state index contributed by atoms with van der Waals surface area (Å²) in [6.45, 7) is 0. The minimum Gasteiger partial charge on any atom is -0.507 e. The van der Waals surface area contributed by atoms with Crippen molar-refractivity contribution in [1.29, 1.82) is 0 Å². The van der Waals surface area contributed by atoms with Crippen molar-refractivity contribution in [2.45, 2.75) is 0 Å². The van der Waals surface area contributed by atoms with Gasteiger partial charge >= 0.3 is 0 Å². The van der Waals surface area contributed by atoms with E-state index in [0.717, 1.165) is 18.2 Å². The van der Waals surface area contributed by atoms with Crippen LogP contribution in [0.2, 0.25) is 0 Å². The first-order valence-electron chi connectivity index (χ1n) is 3.55.